The van der Waals surface area contributed by atoms with Gasteiger partial charge in [0.05, 0.1) is 5.09 Å². The molecule has 0 aliphatic carbocycles. The quantitative estimate of drug-likeness (QED) is 0.186. The maximum absolute atomic E-state index is 8.25. The smallest absolute Gasteiger partial charge is 0.356 e. The molecule has 6 heavy (non-hydrogen) atoms. The summed E-state index contributed by atoms with van der Waals surface area (Å²) in [6.45, 7) is 0. The van der Waals surface area contributed by atoms with Crippen LogP contribution in [0.3, 0.4) is 0 Å². The zero-order valence-electron chi connectivity index (χ0n) is 3.08. The molecule has 0 radical (unpaired) electrons. The van der Waals surface area contributed by atoms with Crippen LogP contribution in [0, 0.1) is 15.3 Å². The van der Waals surface area contributed by atoms with Gasteiger partial charge in [-0.2, -0.15) is 0 Å². The van der Waals surface area contributed by atoms with Crippen LogP contribution < -0.4 is 29.6 Å². The summed E-state index contributed by atoms with van der Waals surface area (Å²) in [6, 6.07) is 0. The van der Waals surface area contributed by atoms with Gasteiger partial charge in [-0.1, -0.05) is 0 Å². The van der Waals surface area contributed by atoms with Gasteiger partial charge in [0.15, 0.2) is 0 Å². The molecule has 0 rings (SSSR count). The van der Waals surface area contributed by atoms with E-state index in [0.29, 0.717) is 0 Å². The molecule has 0 N–H and O–H groups in total. The molecular formula is HFNNaO3. The van der Waals surface area contributed by atoms with Crippen LogP contribution in [-0.2, 0) is 0 Å². The van der Waals surface area contributed by atoms with Crippen molar-refractivity contribution in [3.63, 3.8) is 0 Å². The molecule has 0 atom stereocenters. The molecule has 0 heterocycles. The van der Waals surface area contributed by atoms with E-state index >= 15 is 0 Å². The van der Waals surface area contributed by atoms with Crippen LogP contribution in [0.4, 0.5) is 4.70 Å². The average Bonchev–Trinajstić information content (AvgIpc) is 0.811. The minimum absolute atomic E-state index is 0. The van der Waals surface area contributed by atoms with Gasteiger partial charge in [-0.15, -0.1) is 0 Å². The molecule has 0 saturated carbocycles. The Morgan fingerprint density at radius 1 is 1.33 bits per heavy atom. The molecule has 0 saturated heterocycles. The SMILES string of the molecule is F.O=[N+]([O-])[O-].[Na+]. The van der Waals surface area contributed by atoms with Crippen molar-refractivity contribution in [2.45, 2.75) is 0 Å². The third-order valence-corrected chi connectivity index (χ3v) is 0. The first-order valence-corrected chi connectivity index (χ1v) is 0.548. The van der Waals surface area contributed by atoms with Crippen molar-refractivity contribution in [1.29, 1.82) is 0 Å². The molecule has 0 aliphatic heterocycles. The summed E-state index contributed by atoms with van der Waals surface area (Å²) in [5, 5.41) is 14.8. The third-order valence-electron chi connectivity index (χ3n) is 0. The number of nitrogens with zero attached hydrogens (tertiary/aromatic N) is 1. The molecular weight excluding hydrogens is 104 g/mol. The Balaban J connectivity index is -0.0000000450. The van der Waals surface area contributed by atoms with Gasteiger partial charge in [-0.3, -0.25) is 4.70 Å². The van der Waals surface area contributed by atoms with Gasteiger partial charge >= 0.3 is 29.6 Å². The van der Waals surface area contributed by atoms with Gasteiger partial charge in [0.1, 0.15) is 0 Å². The van der Waals surface area contributed by atoms with Crippen LogP contribution in [0.15, 0.2) is 0 Å². The molecule has 0 aliphatic rings. The van der Waals surface area contributed by atoms with Gasteiger partial charge in [-0.05, 0) is 0 Å². The van der Waals surface area contributed by atoms with Crippen molar-refractivity contribution < 1.29 is 39.3 Å². The number of halogens is 1. The van der Waals surface area contributed by atoms with E-state index in [1.165, 1.54) is 0 Å². The number of hydrogen-bond donors (Lipinski definition) is 0. The Labute approximate surface area is 54.9 Å². The molecule has 0 unspecified atom stereocenters. The largest absolute Gasteiger partial charge is 1.00 e. The fourth-order valence-electron chi connectivity index (χ4n) is 0. The molecule has 0 amide bonds. The van der Waals surface area contributed by atoms with E-state index in [9.17, 15) is 0 Å². The van der Waals surface area contributed by atoms with Crippen molar-refractivity contribution >= 4 is 0 Å². The fourth-order valence-corrected chi connectivity index (χ4v) is 0. The van der Waals surface area contributed by atoms with E-state index in [1.54, 1.807) is 0 Å². The van der Waals surface area contributed by atoms with E-state index in [-0.39, 0.29) is 34.3 Å². The van der Waals surface area contributed by atoms with Crippen LogP contribution in [-0.4, -0.2) is 5.09 Å². The first-order valence-electron chi connectivity index (χ1n) is 0.548. The second kappa shape index (κ2) is 8.93. The van der Waals surface area contributed by atoms with Crippen LogP contribution in [0.1, 0.15) is 0 Å². The summed E-state index contributed by atoms with van der Waals surface area (Å²) in [6.07, 6.45) is 0. The van der Waals surface area contributed by atoms with Gasteiger partial charge in [0.2, 0.25) is 0 Å². The van der Waals surface area contributed by atoms with E-state index in [0.717, 1.165) is 0 Å². The molecule has 0 fully saturated rings. The summed E-state index contributed by atoms with van der Waals surface area (Å²) < 4.78 is 0. The Hall–Kier alpha value is 0.130. The first-order chi connectivity index (χ1) is 1.73. The average molecular weight is 105 g/mol. The van der Waals surface area contributed by atoms with Crippen LogP contribution in [0.5, 0.6) is 0 Å². The normalized spacial score (nSPS) is 4.00. The monoisotopic (exact) mass is 105 g/mol. The van der Waals surface area contributed by atoms with Crippen molar-refractivity contribution in [3.05, 3.63) is 15.3 Å². The zero-order chi connectivity index (χ0) is 3.58. The number of rotatable bonds is 0. The van der Waals surface area contributed by atoms with Gasteiger partial charge < -0.3 is 15.3 Å². The maximum atomic E-state index is 8.25. The van der Waals surface area contributed by atoms with Gasteiger partial charge in [0.25, 0.3) is 0 Å². The molecule has 0 aromatic carbocycles. The van der Waals surface area contributed by atoms with E-state index < -0.39 is 5.09 Å². The minimum Gasteiger partial charge on any atom is -0.356 e. The third kappa shape index (κ3) is 2390. The van der Waals surface area contributed by atoms with Crippen molar-refractivity contribution in [2.24, 2.45) is 0 Å². The van der Waals surface area contributed by atoms with Crippen molar-refractivity contribution in [2.75, 3.05) is 0 Å². The van der Waals surface area contributed by atoms with Crippen LogP contribution in [0.25, 0.3) is 0 Å². The Kier molecular flexibility index (Phi) is 24.5. The molecule has 6 heteroatoms. The predicted molar refractivity (Wildman–Crippen MR) is 12.9 cm³/mol. The molecule has 0 aromatic rings. The fraction of sp³-hybridized carbons (Fsp3) is 0. The molecule has 32 valence electrons. The maximum Gasteiger partial charge on any atom is 1.00 e. The standard InChI is InChI=1S/FH.NO3.Na/c;2-1(3)4;/h1H;;/q;-1;+1. The Morgan fingerprint density at radius 2 is 1.33 bits per heavy atom. The zero-order valence-corrected chi connectivity index (χ0v) is 5.08. The minimum atomic E-state index is -1.75. The molecule has 0 aromatic heterocycles. The van der Waals surface area contributed by atoms with Crippen molar-refractivity contribution in [1.82, 2.24) is 0 Å². The van der Waals surface area contributed by atoms with Gasteiger partial charge in [-0.25, -0.2) is 0 Å². The molecule has 0 bridgehead atoms. The summed E-state index contributed by atoms with van der Waals surface area (Å²) in [5.41, 5.74) is 0. The topological polar surface area (TPSA) is 66.2 Å². The Bertz CT molecular complexity index is 33.8. The van der Waals surface area contributed by atoms with E-state index in [2.05, 4.69) is 0 Å². The predicted octanol–water partition coefficient (Wildman–Crippen LogP) is -3.08. The second-order valence-corrected chi connectivity index (χ2v) is 0.224. The van der Waals surface area contributed by atoms with Crippen LogP contribution >= 0.6 is 0 Å². The van der Waals surface area contributed by atoms with E-state index in [4.69, 9.17) is 15.3 Å². The van der Waals surface area contributed by atoms with Crippen molar-refractivity contribution in [3.8, 4) is 0 Å². The molecule has 4 nitrogen and oxygen atoms in total. The van der Waals surface area contributed by atoms with Gasteiger partial charge in [0, 0.05) is 0 Å². The molecule has 0 spiro atoms. The van der Waals surface area contributed by atoms with E-state index in [1.807, 2.05) is 0 Å². The second-order valence-electron chi connectivity index (χ2n) is 0.224. The van der Waals surface area contributed by atoms with Crippen LogP contribution in [0.2, 0.25) is 0 Å². The Morgan fingerprint density at radius 3 is 1.33 bits per heavy atom. The first kappa shape index (κ1) is 16.5. The number of hydrogen-bond acceptors (Lipinski definition) is 3. The summed E-state index contributed by atoms with van der Waals surface area (Å²) in [5.74, 6) is 0. The summed E-state index contributed by atoms with van der Waals surface area (Å²) in [7, 11) is 0. The summed E-state index contributed by atoms with van der Waals surface area (Å²) >= 11 is 0. The summed E-state index contributed by atoms with van der Waals surface area (Å²) in [4.78, 5) is 8.25.